The van der Waals surface area contributed by atoms with Crippen molar-refractivity contribution in [3.8, 4) is 0 Å². The van der Waals surface area contributed by atoms with Gasteiger partial charge >= 0.3 is 8.56 Å². The van der Waals surface area contributed by atoms with Crippen molar-refractivity contribution >= 4 is 33.3 Å². The highest BCUT2D eigenvalue weighted by Crippen LogP contribution is 2.27. The molecule has 0 saturated carbocycles. The van der Waals surface area contributed by atoms with Crippen LogP contribution in [0.2, 0.25) is 58.0 Å². The first-order valence-corrected chi connectivity index (χ1v) is 19.1. The van der Waals surface area contributed by atoms with E-state index >= 15 is 0 Å². The Morgan fingerprint density at radius 2 is 1.19 bits per heavy atom. The molecule has 0 aliphatic heterocycles. The summed E-state index contributed by atoms with van der Waals surface area (Å²) in [5, 5.41) is 0. The van der Waals surface area contributed by atoms with E-state index in [4.69, 9.17) is 8.23 Å². The lowest BCUT2D eigenvalue weighted by Gasteiger charge is -2.39. The molecule has 0 aliphatic carbocycles. The van der Waals surface area contributed by atoms with Gasteiger partial charge in [-0.3, -0.25) is 0 Å². The van der Waals surface area contributed by atoms with Crippen LogP contribution in [0.1, 0.15) is 14.9 Å². The number of hydrogen-bond acceptors (Lipinski definition) is 2. The molecule has 0 atom stereocenters. The number of hydrogen-bond donors (Lipinski definition) is 0. The van der Waals surface area contributed by atoms with Gasteiger partial charge in [0.1, 0.15) is 0 Å². The molecule has 0 aliphatic rings. The minimum Gasteiger partial charge on any atom is -0.437 e. The molecule has 128 valence electrons. The zero-order chi connectivity index (χ0) is 15.5. The van der Waals surface area contributed by atoms with E-state index in [9.17, 15) is 0 Å². The molecule has 0 amide bonds. The Bertz CT molecular complexity index is 305. The molecule has 0 aromatic heterocycles. The Morgan fingerprint density at radius 1 is 0.762 bits per heavy atom. The van der Waals surface area contributed by atoms with E-state index in [0.717, 1.165) is 0 Å². The summed E-state index contributed by atoms with van der Waals surface area (Å²) in [5.74, 6) is 0. The van der Waals surface area contributed by atoms with E-state index in [1.807, 2.05) is 5.70 Å². The quantitative estimate of drug-likeness (QED) is 0.484. The van der Waals surface area contributed by atoms with Gasteiger partial charge in [0, 0.05) is 0 Å². The van der Waals surface area contributed by atoms with Crippen LogP contribution >= 0.6 is 0 Å². The molecule has 0 fully saturated rings. The van der Waals surface area contributed by atoms with Gasteiger partial charge in [-0.25, -0.2) is 0 Å². The average molecular weight is 365 g/mol. The summed E-state index contributed by atoms with van der Waals surface area (Å²) < 4.78 is 12.9. The first-order valence-electron chi connectivity index (χ1n) is 6.92. The highest BCUT2D eigenvalue weighted by molar-refractivity contribution is 6.98. The van der Waals surface area contributed by atoms with Crippen LogP contribution in [-0.4, -0.2) is 33.3 Å². The van der Waals surface area contributed by atoms with Gasteiger partial charge in [0.25, 0.3) is 0 Å². The van der Waals surface area contributed by atoms with E-state index in [-0.39, 0.29) is 14.9 Å². The van der Waals surface area contributed by atoms with E-state index < -0.39 is 33.3 Å². The Labute approximate surface area is 139 Å². The molecule has 0 rings (SSSR count). The van der Waals surface area contributed by atoms with Gasteiger partial charge in [-0.2, -0.15) is 0 Å². The molecule has 0 bridgehead atoms. The predicted octanol–water partition coefficient (Wildman–Crippen LogP) is 6.10. The lowest BCUT2D eigenvalue weighted by atomic mass is 11.3. The zero-order valence-electron chi connectivity index (χ0n) is 14.1. The highest BCUT2D eigenvalue weighted by atomic mass is 28.5. The third-order valence-electron chi connectivity index (χ3n) is 2.96. The molecular formula is C15H40O2Si4. The van der Waals surface area contributed by atoms with Gasteiger partial charge in [-0.1, -0.05) is 33.6 Å². The fraction of sp³-hybridized carbons (Fsp3) is 0.733. The van der Waals surface area contributed by atoms with Crippen molar-refractivity contribution in [3.05, 3.63) is 24.6 Å². The molecule has 0 heterocycles. The van der Waals surface area contributed by atoms with Gasteiger partial charge < -0.3 is 8.23 Å². The van der Waals surface area contributed by atoms with E-state index in [2.05, 4.69) is 71.2 Å². The third kappa shape index (κ3) is 11.5. The Balaban J connectivity index is -0.00000162. The summed E-state index contributed by atoms with van der Waals surface area (Å²) in [7, 11) is -6.85. The van der Waals surface area contributed by atoms with Crippen molar-refractivity contribution in [2.75, 3.05) is 0 Å². The van der Waals surface area contributed by atoms with Crippen LogP contribution < -0.4 is 0 Å². The largest absolute Gasteiger partial charge is 0.437 e. The summed E-state index contributed by atoms with van der Waals surface area (Å²) in [6.45, 7) is 25.9. The van der Waals surface area contributed by atoms with Crippen LogP contribution in [0.5, 0.6) is 0 Å². The maximum Gasteiger partial charge on any atom is 0.311 e. The second-order valence-electron chi connectivity index (χ2n) is 7.54. The van der Waals surface area contributed by atoms with Gasteiger partial charge in [0.15, 0.2) is 16.6 Å². The minimum atomic E-state index is -2.07. The molecule has 0 unspecified atom stereocenters. The first kappa shape index (κ1) is 26.2. The lowest BCUT2D eigenvalue weighted by molar-refractivity contribution is 0.396. The molecule has 0 spiro atoms. The third-order valence-corrected chi connectivity index (χ3v) is 20.3. The normalized spacial score (nSPS) is 13.0. The van der Waals surface area contributed by atoms with Gasteiger partial charge in [0.05, 0.1) is 8.07 Å². The average Bonchev–Trinajstić information content (AvgIpc) is 2.12. The molecule has 0 radical (unpaired) electrons. The van der Waals surface area contributed by atoms with Crippen molar-refractivity contribution in [1.29, 1.82) is 0 Å². The monoisotopic (exact) mass is 364 g/mol. The molecule has 6 heteroatoms. The summed E-state index contributed by atoms with van der Waals surface area (Å²) in [5.41, 5.74) is 5.37. The summed E-state index contributed by atoms with van der Waals surface area (Å²) >= 11 is 0. The highest BCUT2D eigenvalue weighted by Gasteiger charge is 2.40. The maximum atomic E-state index is 6.53. The fourth-order valence-corrected chi connectivity index (χ4v) is 24.1. The van der Waals surface area contributed by atoms with Crippen LogP contribution in [0.4, 0.5) is 0 Å². The van der Waals surface area contributed by atoms with Crippen molar-refractivity contribution in [2.45, 2.75) is 72.9 Å². The lowest BCUT2D eigenvalue weighted by Crippen LogP contribution is -2.53. The van der Waals surface area contributed by atoms with Crippen LogP contribution in [-0.2, 0) is 8.23 Å². The topological polar surface area (TPSA) is 18.5 Å². The zero-order valence-corrected chi connectivity index (χ0v) is 18.1. The molecule has 2 nitrogen and oxygen atoms in total. The standard InChI is InChI=1S/C13H32O2Si4.2CH4/c1-11-16(3,4)13-18(7,8)15-19(9,10)14-17(5,6)12-2;;/h11-12H,1-2,13H2,3-10H3;2*1H4. The Hall–Kier alpha value is 0.268. The summed E-state index contributed by atoms with van der Waals surface area (Å²) in [4.78, 5) is 0. The molecule has 0 saturated heterocycles. The number of rotatable bonds is 8. The van der Waals surface area contributed by atoms with Gasteiger partial charge in [0.2, 0.25) is 0 Å². The molecule has 0 N–H and O–H groups in total. The summed E-state index contributed by atoms with van der Waals surface area (Å²) in [6, 6.07) is 0. The molecule has 0 aromatic rings. The smallest absolute Gasteiger partial charge is 0.311 e. The van der Waals surface area contributed by atoms with Crippen molar-refractivity contribution in [1.82, 2.24) is 0 Å². The maximum absolute atomic E-state index is 6.53. The van der Waals surface area contributed by atoms with Crippen LogP contribution in [0.25, 0.3) is 0 Å². The van der Waals surface area contributed by atoms with Crippen LogP contribution in [0.15, 0.2) is 24.6 Å². The van der Waals surface area contributed by atoms with Crippen LogP contribution in [0.3, 0.4) is 0 Å². The predicted molar refractivity (Wildman–Crippen MR) is 111 cm³/mol. The van der Waals surface area contributed by atoms with E-state index in [0.29, 0.717) is 0 Å². The molecule has 0 aromatic carbocycles. The summed E-state index contributed by atoms with van der Waals surface area (Å²) in [6.07, 6.45) is 0. The van der Waals surface area contributed by atoms with Gasteiger partial charge in [-0.05, 0) is 44.9 Å². The fourth-order valence-electron chi connectivity index (χ4n) is 2.57. The molecule has 21 heavy (non-hydrogen) atoms. The van der Waals surface area contributed by atoms with E-state index in [1.165, 1.54) is 5.67 Å². The van der Waals surface area contributed by atoms with Crippen molar-refractivity contribution < 1.29 is 8.23 Å². The second-order valence-corrected chi connectivity index (χ2v) is 24.9. The van der Waals surface area contributed by atoms with Gasteiger partial charge in [-0.15, -0.1) is 18.9 Å². The molecular weight excluding hydrogens is 325 g/mol. The van der Waals surface area contributed by atoms with Crippen molar-refractivity contribution in [2.24, 2.45) is 0 Å². The SMILES string of the molecule is C.C.C=C[Si](C)(C)C[Si](C)(C)O[Si](C)(C)O[Si](C)(C)C=C. The minimum absolute atomic E-state index is 0. The van der Waals surface area contributed by atoms with Crippen LogP contribution in [0, 0.1) is 0 Å². The van der Waals surface area contributed by atoms with E-state index in [1.54, 1.807) is 0 Å². The Morgan fingerprint density at radius 3 is 1.52 bits per heavy atom. The van der Waals surface area contributed by atoms with Crippen molar-refractivity contribution in [3.63, 3.8) is 0 Å². The first-order chi connectivity index (χ1) is 8.24. The second kappa shape index (κ2) is 8.78. The Kier molecular flexibility index (Phi) is 11.0.